The second kappa shape index (κ2) is 9.89. The summed E-state index contributed by atoms with van der Waals surface area (Å²) in [6.45, 7) is 0.640. The number of nitrogens with two attached hydrogens (primary N) is 2. The number of aromatic nitrogens is 1. The molecule has 6 N–H and O–H groups in total. The Kier molecular flexibility index (Phi) is 7.31. The average Bonchev–Trinajstić information content (AvgIpc) is 2.71. The molecule has 0 amide bonds. The van der Waals surface area contributed by atoms with Crippen LogP contribution in [0.2, 0.25) is 0 Å². The Morgan fingerprint density at radius 1 is 0.690 bits per heavy atom. The van der Waals surface area contributed by atoms with Gasteiger partial charge in [-0.1, -0.05) is 13.5 Å². The molecule has 0 radical (unpaired) electrons. The molecule has 1 heterocycles. The molecule has 150 valence electrons. The van der Waals surface area contributed by atoms with Crippen LogP contribution in [0.15, 0.2) is 66.7 Å². The molecule has 0 saturated heterocycles. The second-order valence-corrected chi connectivity index (χ2v) is 6.07. The summed E-state index contributed by atoms with van der Waals surface area (Å²) in [5.74, 6) is 1.41. The fraction of sp³-hybridized carbons (Fsp3) is 0.136. The highest BCUT2D eigenvalue weighted by Crippen LogP contribution is 2.15. The van der Waals surface area contributed by atoms with Gasteiger partial charge in [0.05, 0.1) is 11.4 Å². The number of hydrogen-bond donors (Lipinski definition) is 4. The minimum absolute atomic E-state index is 0. The molecule has 0 bridgehead atoms. The highest BCUT2D eigenvalue weighted by atomic mass is 16.5. The minimum atomic E-state index is 0. The van der Waals surface area contributed by atoms with Gasteiger partial charge in [-0.3, -0.25) is 15.8 Å². The molecule has 0 atom stereocenters. The molecule has 0 unspecified atom stereocenters. The van der Waals surface area contributed by atoms with Crippen molar-refractivity contribution in [2.45, 2.75) is 20.6 Å². The van der Waals surface area contributed by atoms with Gasteiger partial charge in [0, 0.05) is 11.1 Å². The van der Waals surface area contributed by atoms with E-state index in [0.29, 0.717) is 35.8 Å². The number of nitrogen functional groups attached to an aromatic ring is 2. The fourth-order valence-electron chi connectivity index (χ4n) is 2.47. The molecule has 0 fully saturated rings. The maximum absolute atomic E-state index is 7.40. The molecule has 3 aromatic rings. The lowest BCUT2D eigenvalue weighted by Crippen LogP contribution is -2.10. The van der Waals surface area contributed by atoms with Crippen molar-refractivity contribution in [3.63, 3.8) is 0 Å². The van der Waals surface area contributed by atoms with E-state index in [1.165, 1.54) is 0 Å². The first-order valence-electron chi connectivity index (χ1n) is 8.60. The molecule has 7 heteroatoms. The minimum Gasteiger partial charge on any atom is -0.487 e. The molecule has 0 spiro atoms. The van der Waals surface area contributed by atoms with Crippen LogP contribution in [0.1, 0.15) is 29.9 Å². The van der Waals surface area contributed by atoms with Crippen molar-refractivity contribution in [1.82, 2.24) is 4.98 Å². The van der Waals surface area contributed by atoms with Crippen molar-refractivity contribution in [1.29, 1.82) is 10.8 Å². The number of nitrogens with one attached hydrogen (secondary N) is 2. The van der Waals surface area contributed by atoms with E-state index in [1.54, 1.807) is 48.5 Å². The summed E-state index contributed by atoms with van der Waals surface area (Å²) in [6, 6.07) is 19.7. The maximum Gasteiger partial charge on any atom is 0.130 e. The van der Waals surface area contributed by atoms with Crippen LogP contribution in [0.5, 0.6) is 11.5 Å². The zero-order valence-corrected chi connectivity index (χ0v) is 15.2. The van der Waals surface area contributed by atoms with Gasteiger partial charge in [0.2, 0.25) is 0 Å². The molecule has 3 rings (SSSR count). The molecular formula is C22H25N5O2. The standard InChI is InChI=1S/C21H21N5O2.CH4/c22-20(23)14-4-8-18(9-5-14)27-12-16-2-1-3-17(26-16)13-28-19-10-6-15(7-11-19)21(24)25;/h1-11H,12-13H2,(H3,22,23)(H3,24,25);1H4. The highest BCUT2D eigenvalue weighted by Gasteiger charge is 2.03. The van der Waals surface area contributed by atoms with Crippen molar-refractivity contribution in [3.05, 3.63) is 89.2 Å². The van der Waals surface area contributed by atoms with Crippen LogP contribution >= 0.6 is 0 Å². The van der Waals surface area contributed by atoms with E-state index in [9.17, 15) is 0 Å². The summed E-state index contributed by atoms with van der Waals surface area (Å²) < 4.78 is 11.5. The Morgan fingerprint density at radius 2 is 1.07 bits per heavy atom. The summed E-state index contributed by atoms with van der Waals surface area (Å²) in [5, 5.41) is 14.8. The van der Waals surface area contributed by atoms with Gasteiger partial charge in [-0.2, -0.15) is 0 Å². The van der Waals surface area contributed by atoms with Gasteiger partial charge in [-0.25, -0.2) is 0 Å². The average molecular weight is 391 g/mol. The maximum atomic E-state index is 7.40. The van der Waals surface area contributed by atoms with Gasteiger partial charge in [-0.15, -0.1) is 0 Å². The van der Waals surface area contributed by atoms with E-state index in [4.69, 9.17) is 31.8 Å². The number of ether oxygens (including phenoxy) is 2. The molecule has 29 heavy (non-hydrogen) atoms. The van der Waals surface area contributed by atoms with Crippen LogP contribution in [0, 0.1) is 10.8 Å². The number of pyridine rings is 1. The van der Waals surface area contributed by atoms with Gasteiger partial charge in [0.25, 0.3) is 0 Å². The smallest absolute Gasteiger partial charge is 0.130 e. The summed E-state index contributed by atoms with van der Waals surface area (Å²) in [6.07, 6.45) is 0. The SMILES string of the molecule is C.N=C(N)c1ccc(OCc2cccc(COc3ccc(C(=N)N)cc3)n2)cc1. The molecule has 0 aliphatic rings. The normalized spacial score (nSPS) is 9.93. The van der Waals surface area contributed by atoms with E-state index < -0.39 is 0 Å². The lowest BCUT2D eigenvalue weighted by atomic mass is 10.2. The molecule has 1 aromatic heterocycles. The predicted molar refractivity (Wildman–Crippen MR) is 115 cm³/mol. The quantitative estimate of drug-likeness (QED) is 0.345. The Morgan fingerprint density at radius 3 is 1.41 bits per heavy atom. The number of hydrogen-bond acceptors (Lipinski definition) is 5. The third kappa shape index (κ3) is 6.07. The third-order valence-electron chi connectivity index (χ3n) is 3.97. The summed E-state index contributed by atoms with van der Waals surface area (Å²) >= 11 is 0. The molecular weight excluding hydrogens is 366 g/mol. The second-order valence-electron chi connectivity index (χ2n) is 6.07. The molecule has 0 saturated carbocycles. The van der Waals surface area contributed by atoms with Crippen LogP contribution in [0.4, 0.5) is 0 Å². The van der Waals surface area contributed by atoms with Crippen LogP contribution in [-0.4, -0.2) is 16.7 Å². The van der Waals surface area contributed by atoms with Crippen LogP contribution in [-0.2, 0) is 13.2 Å². The van der Waals surface area contributed by atoms with Crippen molar-refractivity contribution in [3.8, 4) is 11.5 Å². The van der Waals surface area contributed by atoms with Crippen molar-refractivity contribution < 1.29 is 9.47 Å². The number of amidine groups is 2. The first-order valence-corrected chi connectivity index (χ1v) is 8.60. The predicted octanol–water partition coefficient (Wildman–Crippen LogP) is 3.44. The molecule has 0 aliphatic carbocycles. The van der Waals surface area contributed by atoms with Gasteiger partial charge in [0.15, 0.2) is 0 Å². The lowest BCUT2D eigenvalue weighted by Gasteiger charge is -2.09. The third-order valence-corrected chi connectivity index (χ3v) is 3.97. The lowest BCUT2D eigenvalue weighted by molar-refractivity contribution is 0.290. The monoisotopic (exact) mass is 391 g/mol. The van der Waals surface area contributed by atoms with Crippen molar-refractivity contribution in [2.75, 3.05) is 0 Å². The fourth-order valence-corrected chi connectivity index (χ4v) is 2.47. The van der Waals surface area contributed by atoms with Crippen LogP contribution in [0.3, 0.4) is 0 Å². The number of nitrogens with zero attached hydrogens (tertiary/aromatic N) is 1. The Hall–Kier alpha value is -3.87. The van der Waals surface area contributed by atoms with Crippen LogP contribution in [0.25, 0.3) is 0 Å². The summed E-state index contributed by atoms with van der Waals surface area (Å²) in [4.78, 5) is 4.54. The summed E-state index contributed by atoms with van der Waals surface area (Å²) in [7, 11) is 0. The van der Waals surface area contributed by atoms with Gasteiger partial charge < -0.3 is 20.9 Å². The number of rotatable bonds is 8. The molecule has 7 nitrogen and oxygen atoms in total. The molecule has 2 aromatic carbocycles. The van der Waals surface area contributed by atoms with Crippen LogP contribution < -0.4 is 20.9 Å². The van der Waals surface area contributed by atoms with E-state index in [0.717, 1.165) is 11.4 Å². The first-order chi connectivity index (χ1) is 13.5. The van der Waals surface area contributed by atoms with Gasteiger partial charge in [0.1, 0.15) is 36.4 Å². The largest absolute Gasteiger partial charge is 0.487 e. The van der Waals surface area contributed by atoms with Gasteiger partial charge in [-0.05, 0) is 60.7 Å². The van der Waals surface area contributed by atoms with Gasteiger partial charge >= 0.3 is 0 Å². The highest BCUT2D eigenvalue weighted by molar-refractivity contribution is 5.95. The summed E-state index contributed by atoms with van der Waals surface area (Å²) in [5.41, 5.74) is 13.8. The van der Waals surface area contributed by atoms with Crippen molar-refractivity contribution >= 4 is 11.7 Å². The zero-order valence-electron chi connectivity index (χ0n) is 15.2. The van der Waals surface area contributed by atoms with E-state index in [-0.39, 0.29) is 19.1 Å². The first kappa shape index (κ1) is 21.4. The Labute approximate surface area is 170 Å². The van der Waals surface area contributed by atoms with Crippen molar-refractivity contribution in [2.24, 2.45) is 11.5 Å². The number of benzene rings is 2. The molecule has 0 aliphatic heterocycles. The topological polar surface area (TPSA) is 131 Å². The Balaban J connectivity index is 0.00000300. The van der Waals surface area contributed by atoms with E-state index in [2.05, 4.69) is 4.98 Å². The van der Waals surface area contributed by atoms with E-state index in [1.807, 2.05) is 18.2 Å². The Bertz CT molecular complexity index is 893. The van der Waals surface area contributed by atoms with E-state index >= 15 is 0 Å². The zero-order chi connectivity index (χ0) is 19.9.